The van der Waals surface area contributed by atoms with Gasteiger partial charge in [-0.2, -0.15) is 0 Å². The number of nitrogens with zero attached hydrogens (tertiary/aromatic N) is 1. The number of carbonyl (C=O) groups is 1. The zero-order valence-electron chi connectivity index (χ0n) is 15.3. The van der Waals surface area contributed by atoms with Gasteiger partial charge in [0.05, 0.1) is 6.10 Å². The summed E-state index contributed by atoms with van der Waals surface area (Å²) in [5, 5.41) is 10.6. The molecule has 0 amide bonds. The normalized spacial score (nSPS) is 13.6. The first kappa shape index (κ1) is 19.4. The molecule has 0 aliphatic rings. The van der Waals surface area contributed by atoms with Gasteiger partial charge in [0.15, 0.2) is 0 Å². The number of benzene rings is 2. The highest BCUT2D eigenvalue weighted by atomic mass is 16.3. The molecule has 0 saturated heterocycles. The maximum Gasteiger partial charge on any atom is 0.132 e. The molecule has 2 rings (SSSR count). The number of ketones is 1. The van der Waals surface area contributed by atoms with Gasteiger partial charge in [-0.25, -0.2) is 0 Å². The highest BCUT2D eigenvalue weighted by molar-refractivity contribution is 5.77. The van der Waals surface area contributed by atoms with Crippen LogP contribution in [-0.2, 0) is 17.9 Å². The molecule has 2 aromatic rings. The second-order valence-corrected chi connectivity index (χ2v) is 6.62. The van der Waals surface area contributed by atoms with Gasteiger partial charge in [0.1, 0.15) is 5.78 Å². The number of Topliss-reactive ketones (excluding diaryl/α,β-unsaturated/α-hetero) is 1. The van der Waals surface area contributed by atoms with Gasteiger partial charge in [-0.05, 0) is 24.5 Å². The number of aliphatic hydroxyl groups is 1. The molecule has 2 atom stereocenters. The summed E-state index contributed by atoms with van der Waals surface area (Å²) in [6, 6.07) is 20.6. The van der Waals surface area contributed by atoms with Crippen molar-refractivity contribution in [3.8, 4) is 0 Å². The Morgan fingerprint density at radius 3 is 1.88 bits per heavy atom. The second-order valence-electron chi connectivity index (χ2n) is 6.62. The van der Waals surface area contributed by atoms with Gasteiger partial charge in [-0.3, -0.25) is 9.69 Å². The minimum Gasteiger partial charge on any atom is -0.391 e. The number of rotatable bonds is 10. The van der Waals surface area contributed by atoms with E-state index in [2.05, 4.69) is 29.2 Å². The Morgan fingerprint density at radius 2 is 1.44 bits per heavy atom. The van der Waals surface area contributed by atoms with E-state index in [4.69, 9.17) is 0 Å². The molecule has 0 saturated carbocycles. The fourth-order valence-corrected chi connectivity index (χ4v) is 2.95. The molecule has 3 heteroatoms. The first-order chi connectivity index (χ1) is 12.1. The molecule has 0 aromatic heterocycles. The van der Waals surface area contributed by atoms with E-state index < -0.39 is 6.10 Å². The van der Waals surface area contributed by atoms with Crippen molar-refractivity contribution < 1.29 is 9.90 Å². The first-order valence-corrected chi connectivity index (χ1v) is 9.11. The molecule has 0 fully saturated rings. The van der Waals surface area contributed by atoms with E-state index in [1.807, 2.05) is 50.2 Å². The van der Waals surface area contributed by atoms with E-state index >= 15 is 0 Å². The van der Waals surface area contributed by atoms with Crippen molar-refractivity contribution >= 4 is 5.78 Å². The van der Waals surface area contributed by atoms with E-state index in [-0.39, 0.29) is 11.8 Å². The van der Waals surface area contributed by atoms with Crippen LogP contribution >= 0.6 is 0 Å². The second kappa shape index (κ2) is 10.1. The lowest BCUT2D eigenvalue weighted by Gasteiger charge is -2.32. The van der Waals surface area contributed by atoms with Gasteiger partial charge >= 0.3 is 0 Å². The van der Waals surface area contributed by atoms with Crippen LogP contribution in [0.5, 0.6) is 0 Å². The summed E-state index contributed by atoms with van der Waals surface area (Å²) >= 11 is 0. The quantitative estimate of drug-likeness (QED) is 0.705. The Labute approximate surface area is 151 Å². The van der Waals surface area contributed by atoms with Crippen molar-refractivity contribution in [3.63, 3.8) is 0 Å². The molecule has 2 aromatic carbocycles. The Morgan fingerprint density at radius 1 is 0.960 bits per heavy atom. The molecule has 25 heavy (non-hydrogen) atoms. The smallest absolute Gasteiger partial charge is 0.132 e. The van der Waals surface area contributed by atoms with Crippen LogP contribution in [0.25, 0.3) is 0 Å². The minimum absolute atomic E-state index is 0.0231. The lowest BCUT2D eigenvalue weighted by atomic mass is 10.0. The van der Waals surface area contributed by atoms with E-state index in [0.29, 0.717) is 19.3 Å². The maximum atomic E-state index is 11.6. The molecule has 134 valence electrons. The third kappa shape index (κ3) is 6.45. The van der Waals surface area contributed by atoms with Crippen LogP contribution in [0.15, 0.2) is 60.7 Å². The summed E-state index contributed by atoms with van der Waals surface area (Å²) in [6.07, 6.45) is 1.00. The number of hydrogen-bond donors (Lipinski definition) is 1. The zero-order valence-corrected chi connectivity index (χ0v) is 15.3. The van der Waals surface area contributed by atoms with E-state index in [0.717, 1.165) is 13.1 Å². The molecule has 1 N–H and O–H groups in total. The molecule has 3 nitrogen and oxygen atoms in total. The predicted octanol–water partition coefficient (Wildman–Crippen LogP) is 4.20. The highest BCUT2D eigenvalue weighted by Gasteiger charge is 2.22. The molecule has 0 bridgehead atoms. The number of aliphatic hydroxyl groups excluding tert-OH is 1. The Hall–Kier alpha value is -1.97. The summed E-state index contributed by atoms with van der Waals surface area (Å²) in [6.45, 7) is 5.47. The Balaban J connectivity index is 2.07. The van der Waals surface area contributed by atoms with Gasteiger partial charge in [0.2, 0.25) is 0 Å². The minimum atomic E-state index is -0.511. The van der Waals surface area contributed by atoms with Crippen LogP contribution in [0.4, 0.5) is 0 Å². The van der Waals surface area contributed by atoms with Crippen LogP contribution in [-0.4, -0.2) is 27.9 Å². The molecule has 0 spiro atoms. The molecule has 0 aliphatic carbocycles. The number of carbonyl (C=O) groups excluding carboxylic acids is 1. The van der Waals surface area contributed by atoms with Gasteiger partial charge in [-0.15, -0.1) is 0 Å². The Kier molecular flexibility index (Phi) is 7.83. The fraction of sp³-hybridized carbons (Fsp3) is 0.409. The Bertz CT molecular complexity index is 585. The average molecular weight is 339 g/mol. The fourth-order valence-electron chi connectivity index (χ4n) is 2.95. The topological polar surface area (TPSA) is 40.5 Å². The largest absolute Gasteiger partial charge is 0.391 e. The van der Waals surface area contributed by atoms with Crippen molar-refractivity contribution in [2.24, 2.45) is 0 Å². The van der Waals surface area contributed by atoms with Crippen LogP contribution in [0.1, 0.15) is 44.2 Å². The summed E-state index contributed by atoms with van der Waals surface area (Å²) in [4.78, 5) is 13.8. The summed E-state index contributed by atoms with van der Waals surface area (Å²) in [5.41, 5.74) is 2.45. The molecule has 0 unspecified atom stereocenters. The van der Waals surface area contributed by atoms with E-state index in [9.17, 15) is 9.90 Å². The first-order valence-electron chi connectivity index (χ1n) is 9.11. The van der Waals surface area contributed by atoms with Crippen molar-refractivity contribution in [1.29, 1.82) is 0 Å². The van der Waals surface area contributed by atoms with Crippen LogP contribution in [0.2, 0.25) is 0 Å². The SMILES string of the molecule is CCC(=O)CC[C@H](O)[C@H](C)N(Cc1ccccc1)Cc1ccccc1. The summed E-state index contributed by atoms with van der Waals surface area (Å²) < 4.78 is 0. The molecule has 0 aliphatic heterocycles. The maximum absolute atomic E-state index is 11.6. The van der Waals surface area contributed by atoms with Gasteiger partial charge < -0.3 is 5.11 Å². The lowest BCUT2D eigenvalue weighted by Crippen LogP contribution is -2.41. The van der Waals surface area contributed by atoms with Crippen LogP contribution in [0.3, 0.4) is 0 Å². The monoisotopic (exact) mass is 339 g/mol. The molecular weight excluding hydrogens is 310 g/mol. The summed E-state index contributed by atoms with van der Waals surface area (Å²) in [7, 11) is 0. The molecule has 0 heterocycles. The van der Waals surface area contributed by atoms with Crippen molar-refractivity contribution in [1.82, 2.24) is 4.90 Å². The molecule has 0 radical (unpaired) electrons. The highest BCUT2D eigenvalue weighted by Crippen LogP contribution is 2.18. The standard InChI is InChI=1S/C22H29NO2/c1-3-21(24)14-15-22(25)18(2)23(16-19-10-6-4-7-11-19)17-20-12-8-5-9-13-20/h4-13,18,22,25H,3,14-17H2,1-2H3/t18-,22-/m0/s1. The van der Waals surface area contributed by atoms with Gasteiger partial charge in [0.25, 0.3) is 0 Å². The van der Waals surface area contributed by atoms with Gasteiger partial charge in [-0.1, -0.05) is 67.6 Å². The third-order valence-corrected chi connectivity index (χ3v) is 4.70. The van der Waals surface area contributed by atoms with Crippen molar-refractivity contribution in [3.05, 3.63) is 71.8 Å². The van der Waals surface area contributed by atoms with Gasteiger partial charge in [0, 0.05) is 32.0 Å². The zero-order chi connectivity index (χ0) is 18.1. The van der Waals surface area contributed by atoms with E-state index in [1.165, 1.54) is 11.1 Å². The molecular formula is C22H29NO2. The van der Waals surface area contributed by atoms with Crippen molar-refractivity contribution in [2.45, 2.75) is 58.3 Å². The van der Waals surface area contributed by atoms with E-state index in [1.54, 1.807) is 0 Å². The number of hydrogen-bond acceptors (Lipinski definition) is 3. The van der Waals surface area contributed by atoms with Crippen LogP contribution in [0, 0.1) is 0 Å². The average Bonchev–Trinajstić information content (AvgIpc) is 2.66. The van der Waals surface area contributed by atoms with Crippen LogP contribution < -0.4 is 0 Å². The van der Waals surface area contributed by atoms with Crippen molar-refractivity contribution in [2.75, 3.05) is 0 Å². The third-order valence-electron chi connectivity index (χ3n) is 4.70. The summed E-state index contributed by atoms with van der Waals surface area (Å²) in [5.74, 6) is 0.212. The predicted molar refractivity (Wildman–Crippen MR) is 102 cm³/mol. The lowest BCUT2D eigenvalue weighted by molar-refractivity contribution is -0.119.